The summed E-state index contributed by atoms with van der Waals surface area (Å²) in [4.78, 5) is 38.6. The monoisotopic (exact) mass is 469 g/mol. The Morgan fingerprint density at radius 1 is 0.875 bits per heavy atom. The molecule has 0 spiro atoms. The lowest BCUT2D eigenvalue weighted by atomic mass is 10.1. The van der Waals surface area contributed by atoms with Crippen LogP contribution in [-0.2, 0) is 9.59 Å². The molecule has 0 bridgehead atoms. The Morgan fingerprint density at radius 3 is 2.34 bits per heavy atom. The fraction of sp³-hybridized carbons (Fsp3) is 0. The molecule has 0 fully saturated rings. The standard InChI is InChI=1S/C23H14Cl2FN3O3/c24-15-8-1-3-10-17(15)28-21(30)13-6-5-7-14(12-13)27-20-19(25)22(31)29(23(20)32)18-11-4-2-9-16(18)26/h1-12,27H,(H,28,30). The van der Waals surface area contributed by atoms with Crippen LogP contribution in [0.25, 0.3) is 0 Å². The van der Waals surface area contributed by atoms with E-state index in [9.17, 15) is 18.8 Å². The number of carbonyl (C=O) groups is 3. The van der Waals surface area contributed by atoms with Crippen LogP contribution in [-0.4, -0.2) is 17.7 Å². The topological polar surface area (TPSA) is 78.5 Å². The minimum absolute atomic E-state index is 0.203. The maximum Gasteiger partial charge on any atom is 0.283 e. The Kier molecular flexibility index (Phi) is 5.94. The lowest BCUT2D eigenvalue weighted by molar-refractivity contribution is -0.120. The molecule has 1 heterocycles. The SMILES string of the molecule is O=C(Nc1ccccc1Cl)c1cccc(NC2=C(Cl)C(=O)N(c3ccccc3F)C2=O)c1. The quantitative estimate of drug-likeness (QED) is 0.505. The first-order valence-electron chi connectivity index (χ1n) is 9.33. The van der Waals surface area contributed by atoms with E-state index in [1.54, 1.807) is 42.5 Å². The van der Waals surface area contributed by atoms with Crippen LogP contribution >= 0.6 is 23.2 Å². The van der Waals surface area contributed by atoms with Crippen LogP contribution in [0.3, 0.4) is 0 Å². The van der Waals surface area contributed by atoms with Crippen LogP contribution in [0, 0.1) is 5.82 Å². The van der Waals surface area contributed by atoms with Gasteiger partial charge in [0.1, 0.15) is 16.5 Å². The zero-order chi connectivity index (χ0) is 22.8. The van der Waals surface area contributed by atoms with Crippen molar-refractivity contribution in [3.05, 3.63) is 99.9 Å². The third-order valence-corrected chi connectivity index (χ3v) is 5.32. The molecule has 0 saturated carbocycles. The molecular formula is C23H14Cl2FN3O3. The van der Waals surface area contributed by atoms with Crippen molar-refractivity contribution in [3.8, 4) is 0 Å². The first-order chi connectivity index (χ1) is 15.4. The first kappa shape index (κ1) is 21.5. The van der Waals surface area contributed by atoms with Crippen LogP contribution < -0.4 is 15.5 Å². The molecule has 0 saturated heterocycles. The third-order valence-electron chi connectivity index (χ3n) is 4.64. The number of nitrogens with zero attached hydrogens (tertiary/aromatic N) is 1. The number of amides is 3. The normalized spacial score (nSPS) is 13.5. The fourth-order valence-electron chi connectivity index (χ4n) is 3.10. The predicted octanol–water partition coefficient (Wildman–Crippen LogP) is 5.17. The average Bonchev–Trinajstić information content (AvgIpc) is 2.99. The molecule has 0 aromatic heterocycles. The van der Waals surface area contributed by atoms with E-state index < -0.39 is 23.5 Å². The number of benzene rings is 3. The van der Waals surface area contributed by atoms with Crippen molar-refractivity contribution in [3.63, 3.8) is 0 Å². The molecule has 1 aliphatic heterocycles. The molecule has 1 aliphatic rings. The zero-order valence-corrected chi connectivity index (χ0v) is 17.7. The fourth-order valence-corrected chi connectivity index (χ4v) is 3.50. The number of halogens is 3. The number of rotatable bonds is 5. The van der Waals surface area contributed by atoms with Gasteiger partial charge in [-0.1, -0.05) is 53.5 Å². The lowest BCUT2D eigenvalue weighted by Gasteiger charge is -2.15. The second-order valence-corrected chi connectivity index (χ2v) is 7.51. The Balaban J connectivity index is 1.56. The van der Waals surface area contributed by atoms with Gasteiger partial charge in [0.05, 0.1) is 16.4 Å². The Hall–Kier alpha value is -3.68. The van der Waals surface area contributed by atoms with Gasteiger partial charge in [-0.05, 0) is 42.5 Å². The molecule has 0 radical (unpaired) electrons. The highest BCUT2D eigenvalue weighted by Gasteiger charge is 2.40. The van der Waals surface area contributed by atoms with E-state index in [1.165, 1.54) is 24.3 Å². The van der Waals surface area contributed by atoms with Crippen molar-refractivity contribution in [2.75, 3.05) is 15.5 Å². The Labute approximate surface area is 192 Å². The number of imide groups is 1. The molecule has 160 valence electrons. The van der Waals surface area contributed by atoms with Gasteiger partial charge in [0.2, 0.25) is 0 Å². The summed E-state index contributed by atoms with van der Waals surface area (Å²) in [7, 11) is 0. The van der Waals surface area contributed by atoms with E-state index in [0.29, 0.717) is 21.3 Å². The number of anilines is 3. The van der Waals surface area contributed by atoms with Crippen LogP contribution in [0.2, 0.25) is 5.02 Å². The minimum Gasteiger partial charge on any atom is -0.350 e. The molecule has 3 aromatic carbocycles. The van der Waals surface area contributed by atoms with Crippen LogP contribution in [0.5, 0.6) is 0 Å². The largest absolute Gasteiger partial charge is 0.350 e. The van der Waals surface area contributed by atoms with E-state index >= 15 is 0 Å². The molecule has 0 unspecified atom stereocenters. The summed E-state index contributed by atoms with van der Waals surface area (Å²) in [6, 6.07) is 18.4. The molecular weight excluding hydrogens is 456 g/mol. The molecule has 9 heteroatoms. The van der Waals surface area contributed by atoms with Gasteiger partial charge in [-0.25, -0.2) is 9.29 Å². The molecule has 32 heavy (non-hydrogen) atoms. The van der Waals surface area contributed by atoms with E-state index in [2.05, 4.69) is 10.6 Å². The first-order valence-corrected chi connectivity index (χ1v) is 10.1. The summed E-state index contributed by atoms with van der Waals surface area (Å²) >= 11 is 12.2. The van der Waals surface area contributed by atoms with Crippen molar-refractivity contribution in [2.45, 2.75) is 0 Å². The van der Waals surface area contributed by atoms with E-state index in [4.69, 9.17) is 23.2 Å². The Bertz CT molecular complexity index is 1290. The van der Waals surface area contributed by atoms with Crippen molar-refractivity contribution < 1.29 is 18.8 Å². The van der Waals surface area contributed by atoms with Crippen molar-refractivity contribution in [1.82, 2.24) is 0 Å². The van der Waals surface area contributed by atoms with Crippen LogP contribution in [0.4, 0.5) is 21.5 Å². The maximum atomic E-state index is 14.1. The summed E-state index contributed by atoms with van der Waals surface area (Å²) in [5.74, 6) is -2.82. The highest BCUT2D eigenvalue weighted by Crippen LogP contribution is 2.31. The molecule has 4 rings (SSSR count). The predicted molar refractivity (Wildman–Crippen MR) is 121 cm³/mol. The van der Waals surface area contributed by atoms with Crippen LogP contribution in [0.15, 0.2) is 83.5 Å². The van der Waals surface area contributed by atoms with Gasteiger partial charge in [0.25, 0.3) is 17.7 Å². The summed E-state index contributed by atoms with van der Waals surface area (Å²) in [6.07, 6.45) is 0. The van der Waals surface area contributed by atoms with Crippen molar-refractivity contribution in [1.29, 1.82) is 0 Å². The molecule has 6 nitrogen and oxygen atoms in total. The number of carbonyl (C=O) groups excluding carboxylic acids is 3. The second-order valence-electron chi connectivity index (χ2n) is 6.73. The van der Waals surface area contributed by atoms with Gasteiger partial charge >= 0.3 is 0 Å². The minimum atomic E-state index is -0.850. The number of para-hydroxylation sites is 2. The van der Waals surface area contributed by atoms with E-state index in [1.807, 2.05) is 0 Å². The summed E-state index contributed by atoms with van der Waals surface area (Å²) in [5.41, 5.74) is 0.630. The zero-order valence-electron chi connectivity index (χ0n) is 16.2. The van der Waals surface area contributed by atoms with Gasteiger partial charge in [-0.15, -0.1) is 0 Å². The van der Waals surface area contributed by atoms with Gasteiger partial charge < -0.3 is 10.6 Å². The Morgan fingerprint density at radius 2 is 1.59 bits per heavy atom. The molecule has 2 N–H and O–H groups in total. The lowest BCUT2D eigenvalue weighted by Crippen LogP contribution is -2.33. The second kappa shape index (κ2) is 8.82. The highest BCUT2D eigenvalue weighted by molar-refractivity contribution is 6.53. The van der Waals surface area contributed by atoms with Gasteiger partial charge in [0.15, 0.2) is 0 Å². The molecule has 0 aliphatic carbocycles. The van der Waals surface area contributed by atoms with E-state index in [0.717, 1.165) is 6.07 Å². The number of hydrogen-bond acceptors (Lipinski definition) is 4. The van der Waals surface area contributed by atoms with Crippen LogP contribution in [0.1, 0.15) is 10.4 Å². The van der Waals surface area contributed by atoms with E-state index in [-0.39, 0.29) is 22.0 Å². The molecule has 0 atom stereocenters. The van der Waals surface area contributed by atoms with Crippen molar-refractivity contribution >= 4 is 58.0 Å². The molecule has 3 aromatic rings. The van der Waals surface area contributed by atoms with Gasteiger partial charge in [-0.2, -0.15) is 0 Å². The van der Waals surface area contributed by atoms with Gasteiger partial charge in [0, 0.05) is 11.3 Å². The molecule has 3 amide bonds. The average molecular weight is 470 g/mol. The van der Waals surface area contributed by atoms with Gasteiger partial charge in [-0.3, -0.25) is 14.4 Å². The number of hydrogen-bond donors (Lipinski definition) is 2. The summed E-state index contributed by atoms with van der Waals surface area (Å²) in [5, 5.41) is 5.47. The summed E-state index contributed by atoms with van der Waals surface area (Å²) < 4.78 is 14.1. The maximum absolute atomic E-state index is 14.1. The highest BCUT2D eigenvalue weighted by atomic mass is 35.5. The number of nitrogens with one attached hydrogen (secondary N) is 2. The van der Waals surface area contributed by atoms with Crippen molar-refractivity contribution in [2.24, 2.45) is 0 Å². The third kappa shape index (κ3) is 4.08. The summed E-state index contributed by atoms with van der Waals surface area (Å²) in [6.45, 7) is 0. The smallest absolute Gasteiger partial charge is 0.283 e.